The monoisotopic (exact) mass is 204 g/mol. The highest BCUT2D eigenvalue weighted by molar-refractivity contribution is 6.00. The lowest BCUT2D eigenvalue weighted by molar-refractivity contribution is 0.0926. The van der Waals surface area contributed by atoms with Crippen LogP contribution in [0.2, 0.25) is 0 Å². The van der Waals surface area contributed by atoms with Gasteiger partial charge in [0.25, 0.3) is 0 Å². The number of benzene rings is 1. The Morgan fingerprint density at radius 3 is 2.07 bits per heavy atom. The summed E-state index contributed by atoms with van der Waals surface area (Å²) in [5.41, 5.74) is 4.37. The zero-order valence-electron chi connectivity index (χ0n) is 10.3. The van der Waals surface area contributed by atoms with Crippen molar-refractivity contribution >= 4 is 5.78 Å². The van der Waals surface area contributed by atoms with Crippen molar-refractivity contribution in [1.82, 2.24) is 0 Å². The molecule has 0 saturated carbocycles. The first-order chi connectivity index (χ1) is 6.97. The van der Waals surface area contributed by atoms with Gasteiger partial charge in [0.2, 0.25) is 0 Å². The summed E-state index contributed by atoms with van der Waals surface area (Å²) < 4.78 is 0. The van der Waals surface area contributed by atoms with Crippen LogP contribution in [0.25, 0.3) is 0 Å². The minimum atomic E-state index is 0.130. The molecule has 1 rings (SSSR count). The van der Waals surface area contributed by atoms with Crippen molar-refractivity contribution in [2.45, 2.75) is 41.0 Å². The molecule has 0 bridgehead atoms. The van der Waals surface area contributed by atoms with Crippen LogP contribution in [-0.4, -0.2) is 5.78 Å². The first kappa shape index (κ1) is 12.0. The quantitative estimate of drug-likeness (QED) is 0.684. The Bertz CT molecular complexity index is 354. The molecule has 0 aliphatic rings. The third-order valence-corrected chi connectivity index (χ3v) is 2.98. The van der Waals surface area contributed by atoms with E-state index in [2.05, 4.69) is 26.0 Å². The summed E-state index contributed by atoms with van der Waals surface area (Å²) >= 11 is 0. The number of carbonyl (C=O) groups is 1. The summed E-state index contributed by atoms with van der Waals surface area (Å²) in [6.07, 6.45) is 0.908. The molecule has 0 N–H and O–H groups in total. The van der Waals surface area contributed by atoms with E-state index in [9.17, 15) is 4.79 Å². The van der Waals surface area contributed by atoms with E-state index in [1.807, 2.05) is 20.8 Å². The maximum atomic E-state index is 12.1. The van der Waals surface area contributed by atoms with Gasteiger partial charge in [-0.3, -0.25) is 4.79 Å². The molecule has 0 saturated heterocycles. The van der Waals surface area contributed by atoms with Crippen LogP contribution in [0.5, 0.6) is 0 Å². The largest absolute Gasteiger partial charge is 0.294 e. The standard InChI is InChI=1S/C14H20O/c1-6-10(3)14(15)13-11(4)7-9(2)8-12(13)5/h7-8,10H,6H2,1-5H3. The van der Waals surface area contributed by atoms with Gasteiger partial charge in [0.1, 0.15) is 0 Å². The molecule has 1 heteroatoms. The zero-order valence-corrected chi connectivity index (χ0v) is 10.3. The third kappa shape index (κ3) is 2.47. The Labute approximate surface area is 92.5 Å². The fourth-order valence-corrected chi connectivity index (χ4v) is 2.00. The Morgan fingerprint density at radius 1 is 1.20 bits per heavy atom. The zero-order chi connectivity index (χ0) is 11.6. The van der Waals surface area contributed by atoms with Crippen molar-refractivity contribution in [3.05, 3.63) is 34.4 Å². The van der Waals surface area contributed by atoms with E-state index in [0.29, 0.717) is 0 Å². The molecule has 1 aromatic rings. The number of aryl methyl sites for hydroxylation is 3. The maximum absolute atomic E-state index is 12.1. The molecule has 82 valence electrons. The summed E-state index contributed by atoms with van der Waals surface area (Å²) in [6, 6.07) is 4.17. The SMILES string of the molecule is CCC(C)C(=O)c1c(C)cc(C)cc1C. The van der Waals surface area contributed by atoms with E-state index < -0.39 is 0 Å². The van der Waals surface area contributed by atoms with Crippen LogP contribution in [0.3, 0.4) is 0 Å². The molecule has 1 atom stereocenters. The molecule has 0 aromatic heterocycles. The van der Waals surface area contributed by atoms with Crippen LogP contribution < -0.4 is 0 Å². The molecule has 1 nitrogen and oxygen atoms in total. The molecule has 0 aliphatic heterocycles. The number of hydrogen-bond donors (Lipinski definition) is 0. The van der Waals surface area contributed by atoms with Gasteiger partial charge < -0.3 is 0 Å². The van der Waals surface area contributed by atoms with Gasteiger partial charge >= 0.3 is 0 Å². The average Bonchev–Trinajstić information content (AvgIpc) is 2.14. The van der Waals surface area contributed by atoms with E-state index in [0.717, 1.165) is 23.1 Å². The molecule has 1 unspecified atom stereocenters. The van der Waals surface area contributed by atoms with E-state index in [1.165, 1.54) is 5.56 Å². The maximum Gasteiger partial charge on any atom is 0.166 e. The third-order valence-electron chi connectivity index (χ3n) is 2.98. The Hall–Kier alpha value is -1.11. The Balaban J connectivity index is 3.20. The lowest BCUT2D eigenvalue weighted by atomic mass is 9.90. The second-order valence-corrected chi connectivity index (χ2v) is 4.45. The second-order valence-electron chi connectivity index (χ2n) is 4.45. The predicted octanol–water partition coefficient (Wildman–Crippen LogP) is 3.84. The number of rotatable bonds is 3. The highest BCUT2D eigenvalue weighted by Gasteiger charge is 2.17. The number of Topliss-reactive ketones (excluding diaryl/α,β-unsaturated/α-hetero) is 1. The van der Waals surface area contributed by atoms with Gasteiger partial charge in [-0.25, -0.2) is 0 Å². The van der Waals surface area contributed by atoms with Gasteiger partial charge in [-0.2, -0.15) is 0 Å². The van der Waals surface area contributed by atoms with Crippen molar-refractivity contribution < 1.29 is 4.79 Å². The lowest BCUT2D eigenvalue weighted by Crippen LogP contribution is -2.13. The van der Waals surface area contributed by atoms with Crippen LogP contribution in [0.4, 0.5) is 0 Å². The number of hydrogen-bond acceptors (Lipinski definition) is 1. The van der Waals surface area contributed by atoms with Gasteiger partial charge in [-0.15, -0.1) is 0 Å². The lowest BCUT2D eigenvalue weighted by Gasteiger charge is -2.13. The molecule has 15 heavy (non-hydrogen) atoms. The first-order valence-electron chi connectivity index (χ1n) is 5.59. The minimum absolute atomic E-state index is 0.130. The molecule has 0 spiro atoms. The van der Waals surface area contributed by atoms with Gasteiger partial charge in [-0.05, 0) is 38.3 Å². The number of ketones is 1. The van der Waals surface area contributed by atoms with Crippen LogP contribution in [-0.2, 0) is 0 Å². The van der Waals surface area contributed by atoms with E-state index in [4.69, 9.17) is 0 Å². The molecule has 0 amide bonds. The van der Waals surface area contributed by atoms with Gasteiger partial charge in [0, 0.05) is 11.5 Å². The fourth-order valence-electron chi connectivity index (χ4n) is 2.00. The van der Waals surface area contributed by atoms with Crippen molar-refractivity contribution in [3.8, 4) is 0 Å². The average molecular weight is 204 g/mol. The molecule has 0 fully saturated rings. The van der Waals surface area contributed by atoms with Crippen LogP contribution in [0.15, 0.2) is 12.1 Å². The fraction of sp³-hybridized carbons (Fsp3) is 0.500. The van der Waals surface area contributed by atoms with E-state index in [-0.39, 0.29) is 11.7 Å². The molecule has 0 radical (unpaired) electrons. The smallest absolute Gasteiger partial charge is 0.166 e. The Kier molecular flexibility index (Phi) is 3.67. The summed E-state index contributed by atoms with van der Waals surface area (Å²) in [5.74, 6) is 0.414. The van der Waals surface area contributed by atoms with Gasteiger partial charge in [0.05, 0.1) is 0 Å². The summed E-state index contributed by atoms with van der Waals surface area (Å²) in [6.45, 7) is 10.2. The van der Waals surface area contributed by atoms with Crippen LogP contribution in [0.1, 0.15) is 47.3 Å². The summed E-state index contributed by atoms with van der Waals surface area (Å²) in [7, 11) is 0. The molecule has 1 aromatic carbocycles. The van der Waals surface area contributed by atoms with E-state index in [1.54, 1.807) is 0 Å². The number of carbonyl (C=O) groups excluding carboxylic acids is 1. The highest BCUT2D eigenvalue weighted by Crippen LogP contribution is 2.21. The van der Waals surface area contributed by atoms with Crippen molar-refractivity contribution in [1.29, 1.82) is 0 Å². The minimum Gasteiger partial charge on any atom is -0.294 e. The van der Waals surface area contributed by atoms with Gasteiger partial charge in [0.15, 0.2) is 5.78 Å². The summed E-state index contributed by atoms with van der Waals surface area (Å²) in [5, 5.41) is 0. The van der Waals surface area contributed by atoms with Crippen molar-refractivity contribution in [2.75, 3.05) is 0 Å². The topological polar surface area (TPSA) is 17.1 Å². The van der Waals surface area contributed by atoms with Crippen LogP contribution in [0, 0.1) is 26.7 Å². The molecular formula is C14H20O. The van der Waals surface area contributed by atoms with E-state index >= 15 is 0 Å². The first-order valence-corrected chi connectivity index (χ1v) is 5.59. The molecule has 0 heterocycles. The highest BCUT2D eigenvalue weighted by atomic mass is 16.1. The Morgan fingerprint density at radius 2 is 1.67 bits per heavy atom. The van der Waals surface area contributed by atoms with Crippen molar-refractivity contribution in [2.24, 2.45) is 5.92 Å². The summed E-state index contributed by atoms with van der Waals surface area (Å²) in [4.78, 5) is 12.1. The predicted molar refractivity (Wildman–Crippen MR) is 64.4 cm³/mol. The van der Waals surface area contributed by atoms with Crippen LogP contribution >= 0.6 is 0 Å². The van der Waals surface area contributed by atoms with Gasteiger partial charge in [-0.1, -0.05) is 31.5 Å². The normalized spacial score (nSPS) is 12.6. The van der Waals surface area contributed by atoms with Crippen molar-refractivity contribution in [3.63, 3.8) is 0 Å². The molecular weight excluding hydrogens is 184 g/mol. The molecule has 0 aliphatic carbocycles. The second kappa shape index (κ2) is 4.61.